The smallest absolute Gasteiger partial charge is 0.0175 e. The second-order valence-electron chi connectivity index (χ2n) is 9.05. The van der Waals surface area contributed by atoms with Crippen molar-refractivity contribution in [3.63, 3.8) is 0 Å². The summed E-state index contributed by atoms with van der Waals surface area (Å²) in [7, 11) is 0. The van der Waals surface area contributed by atoms with Crippen LogP contribution >= 0.6 is 15.9 Å². The molecule has 1 aromatic carbocycles. The maximum Gasteiger partial charge on any atom is 0.0175 e. The lowest BCUT2D eigenvalue weighted by Crippen LogP contribution is -2.23. The quantitative estimate of drug-likeness (QED) is 0.446. The highest BCUT2D eigenvalue weighted by Crippen LogP contribution is 2.42. The summed E-state index contributed by atoms with van der Waals surface area (Å²) in [5, 5.41) is 0. The van der Waals surface area contributed by atoms with Gasteiger partial charge in [0, 0.05) is 4.47 Å². The molecule has 2 fully saturated rings. The highest BCUT2D eigenvalue weighted by Gasteiger charge is 2.28. The second kappa shape index (κ2) is 9.58. The Morgan fingerprint density at radius 2 is 1.48 bits per heavy atom. The molecule has 1 aromatic rings. The number of rotatable bonds is 6. The fraction of sp³-hybridized carbons (Fsp3) is 0.750. The Labute approximate surface area is 164 Å². The Kier molecular flexibility index (Phi) is 7.46. The van der Waals surface area contributed by atoms with E-state index in [2.05, 4.69) is 54.0 Å². The molecule has 0 N–H and O–H groups in total. The van der Waals surface area contributed by atoms with Gasteiger partial charge < -0.3 is 0 Å². The van der Waals surface area contributed by atoms with Gasteiger partial charge in [0.2, 0.25) is 0 Å². The minimum atomic E-state index is 0.809. The van der Waals surface area contributed by atoms with E-state index in [0.717, 1.165) is 29.6 Å². The van der Waals surface area contributed by atoms with Crippen molar-refractivity contribution in [3.8, 4) is 0 Å². The van der Waals surface area contributed by atoms with E-state index in [4.69, 9.17) is 0 Å². The Hall–Kier alpha value is -0.300. The van der Waals surface area contributed by atoms with E-state index < -0.39 is 0 Å². The SMILES string of the molecule is CCCC1CCC(C(C)CC2CCC(c3ccc(Br)cc3)CC2)CC1. The molecule has 2 saturated carbocycles. The van der Waals surface area contributed by atoms with Crippen molar-refractivity contribution in [1.82, 2.24) is 0 Å². The fourth-order valence-electron chi connectivity index (χ4n) is 5.64. The van der Waals surface area contributed by atoms with Crippen LogP contribution in [0.2, 0.25) is 0 Å². The van der Waals surface area contributed by atoms with Crippen LogP contribution in [0.4, 0.5) is 0 Å². The first-order chi connectivity index (χ1) is 12.2. The summed E-state index contributed by atoms with van der Waals surface area (Å²) in [6.07, 6.45) is 16.1. The second-order valence-corrected chi connectivity index (χ2v) is 9.97. The minimum absolute atomic E-state index is 0.809. The van der Waals surface area contributed by atoms with E-state index >= 15 is 0 Å². The predicted molar refractivity (Wildman–Crippen MR) is 113 cm³/mol. The van der Waals surface area contributed by atoms with Crippen LogP contribution in [0.5, 0.6) is 0 Å². The number of halogens is 1. The Balaban J connectivity index is 1.40. The largest absolute Gasteiger partial charge is 0.0654 e. The summed E-state index contributed by atoms with van der Waals surface area (Å²) in [4.78, 5) is 0. The van der Waals surface area contributed by atoms with Crippen LogP contribution < -0.4 is 0 Å². The average Bonchev–Trinajstić information content (AvgIpc) is 2.64. The van der Waals surface area contributed by atoms with E-state index in [1.165, 1.54) is 75.1 Å². The topological polar surface area (TPSA) is 0 Å². The molecule has 0 bridgehead atoms. The molecule has 0 spiro atoms. The zero-order valence-electron chi connectivity index (χ0n) is 16.4. The third kappa shape index (κ3) is 5.59. The van der Waals surface area contributed by atoms with Crippen LogP contribution in [0.15, 0.2) is 28.7 Å². The van der Waals surface area contributed by atoms with Crippen molar-refractivity contribution in [2.45, 2.75) is 90.4 Å². The van der Waals surface area contributed by atoms with Gasteiger partial charge >= 0.3 is 0 Å². The lowest BCUT2D eigenvalue weighted by molar-refractivity contribution is 0.169. The van der Waals surface area contributed by atoms with E-state index in [1.807, 2.05) is 0 Å². The summed E-state index contributed by atoms with van der Waals surface area (Å²) in [5.41, 5.74) is 1.56. The molecule has 1 atom stereocenters. The zero-order chi connectivity index (χ0) is 17.6. The number of hydrogen-bond acceptors (Lipinski definition) is 0. The molecule has 0 heterocycles. The maximum atomic E-state index is 3.56. The van der Waals surface area contributed by atoms with Gasteiger partial charge in [0.05, 0.1) is 0 Å². The highest BCUT2D eigenvalue weighted by atomic mass is 79.9. The lowest BCUT2D eigenvalue weighted by Gasteiger charge is -2.36. The monoisotopic (exact) mass is 404 g/mol. The molecule has 2 aliphatic rings. The predicted octanol–water partition coefficient (Wildman–Crippen LogP) is 8.36. The molecule has 0 aromatic heterocycles. The van der Waals surface area contributed by atoms with Crippen LogP contribution in [0.1, 0.15) is 96.0 Å². The Morgan fingerprint density at radius 3 is 2.08 bits per heavy atom. The number of hydrogen-bond donors (Lipinski definition) is 0. The molecule has 1 heteroatoms. The first-order valence-corrected chi connectivity index (χ1v) is 11.7. The van der Waals surface area contributed by atoms with Crippen molar-refractivity contribution in [3.05, 3.63) is 34.3 Å². The standard InChI is InChI=1S/C24H37Br/c1-3-4-19-5-9-21(10-6-19)18(2)17-20-7-11-22(12-8-20)23-13-15-24(25)16-14-23/h13-16,18-22H,3-12,17H2,1-2H3. The van der Waals surface area contributed by atoms with Gasteiger partial charge in [-0.2, -0.15) is 0 Å². The van der Waals surface area contributed by atoms with Crippen LogP contribution in [0.25, 0.3) is 0 Å². The summed E-state index contributed by atoms with van der Waals surface area (Å²) in [6, 6.07) is 9.07. The van der Waals surface area contributed by atoms with Gasteiger partial charge in [0.1, 0.15) is 0 Å². The molecule has 140 valence electrons. The van der Waals surface area contributed by atoms with Gasteiger partial charge in [0.15, 0.2) is 0 Å². The molecule has 0 nitrogen and oxygen atoms in total. The third-order valence-corrected chi connectivity index (χ3v) is 7.82. The summed E-state index contributed by atoms with van der Waals surface area (Å²) >= 11 is 3.56. The van der Waals surface area contributed by atoms with Gasteiger partial charge in [0.25, 0.3) is 0 Å². The van der Waals surface area contributed by atoms with Gasteiger partial charge in [-0.25, -0.2) is 0 Å². The molecule has 0 aliphatic heterocycles. The van der Waals surface area contributed by atoms with E-state index in [9.17, 15) is 0 Å². The van der Waals surface area contributed by atoms with Crippen molar-refractivity contribution in [1.29, 1.82) is 0 Å². The van der Waals surface area contributed by atoms with Crippen molar-refractivity contribution < 1.29 is 0 Å². The van der Waals surface area contributed by atoms with Crippen molar-refractivity contribution >= 4 is 15.9 Å². The van der Waals surface area contributed by atoms with Gasteiger partial charge in [-0.05, 0) is 92.2 Å². The maximum absolute atomic E-state index is 3.56. The van der Waals surface area contributed by atoms with E-state index in [-0.39, 0.29) is 0 Å². The normalized spacial score (nSPS) is 31.6. The Morgan fingerprint density at radius 1 is 0.880 bits per heavy atom. The van der Waals surface area contributed by atoms with Crippen LogP contribution in [0.3, 0.4) is 0 Å². The molecule has 0 radical (unpaired) electrons. The first kappa shape index (κ1) is 19.5. The van der Waals surface area contributed by atoms with E-state index in [1.54, 1.807) is 5.56 Å². The van der Waals surface area contributed by atoms with E-state index in [0.29, 0.717) is 0 Å². The zero-order valence-corrected chi connectivity index (χ0v) is 17.9. The highest BCUT2D eigenvalue weighted by molar-refractivity contribution is 9.10. The van der Waals surface area contributed by atoms with Gasteiger partial charge in [-0.3, -0.25) is 0 Å². The molecule has 25 heavy (non-hydrogen) atoms. The Bertz CT molecular complexity index is 489. The molecule has 3 rings (SSSR count). The minimum Gasteiger partial charge on any atom is -0.0654 e. The molecule has 1 unspecified atom stereocenters. The van der Waals surface area contributed by atoms with Crippen LogP contribution in [0, 0.1) is 23.7 Å². The molecule has 0 amide bonds. The third-order valence-electron chi connectivity index (χ3n) is 7.29. The summed E-state index contributed by atoms with van der Waals surface area (Å²) in [5.74, 6) is 4.84. The molecule has 0 saturated heterocycles. The fourth-order valence-corrected chi connectivity index (χ4v) is 5.90. The van der Waals surface area contributed by atoms with Crippen molar-refractivity contribution in [2.24, 2.45) is 23.7 Å². The lowest BCUT2D eigenvalue weighted by atomic mass is 9.70. The van der Waals surface area contributed by atoms with Crippen LogP contribution in [-0.4, -0.2) is 0 Å². The molecular weight excluding hydrogens is 368 g/mol. The number of benzene rings is 1. The van der Waals surface area contributed by atoms with Gasteiger partial charge in [-0.1, -0.05) is 67.6 Å². The van der Waals surface area contributed by atoms with Crippen LogP contribution in [-0.2, 0) is 0 Å². The first-order valence-electron chi connectivity index (χ1n) is 10.9. The van der Waals surface area contributed by atoms with Crippen molar-refractivity contribution in [2.75, 3.05) is 0 Å². The molecule has 2 aliphatic carbocycles. The summed E-state index contributed by atoms with van der Waals surface area (Å²) < 4.78 is 1.20. The average molecular weight is 405 g/mol. The summed E-state index contributed by atoms with van der Waals surface area (Å²) in [6.45, 7) is 4.91. The van der Waals surface area contributed by atoms with Gasteiger partial charge in [-0.15, -0.1) is 0 Å². The molecular formula is C24H37Br.